The highest BCUT2D eigenvalue weighted by atomic mass is 16.3. The molecule has 0 amide bonds. The zero-order valence-electron chi connectivity index (χ0n) is 5.76. The molecule has 0 aliphatic carbocycles. The molecule has 2 N–H and O–H groups in total. The van der Waals surface area contributed by atoms with Crippen LogP contribution in [0.15, 0.2) is 0 Å². The average Bonchev–Trinajstić information content (AvgIpc) is 1.83. The maximum atomic E-state index is 8.72. The van der Waals surface area contributed by atoms with Crippen LogP contribution in [0.1, 0.15) is 13.8 Å². The number of nitrogens with zero attached hydrogens (tertiary/aromatic N) is 1. The van der Waals surface area contributed by atoms with Gasteiger partial charge in [-0.2, -0.15) is 5.26 Å². The Balaban J connectivity index is 3.19. The number of hydrogen-bond donors (Lipinski definition) is 2. The minimum atomic E-state index is -0.374. The Morgan fingerprint density at radius 3 is 2.56 bits per heavy atom. The first-order valence-electron chi connectivity index (χ1n) is 2.98. The molecule has 0 aliphatic rings. The van der Waals surface area contributed by atoms with Crippen LogP contribution < -0.4 is 5.32 Å². The van der Waals surface area contributed by atoms with E-state index < -0.39 is 0 Å². The van der Waals surface area contributed by atoms with Crippen LogP contribution in [0.2, 0.25) is 0 Å². The summed E-state index contributed by atoms with van der Waals surface area (Å²) < 4.78 is 0. The van der Waals surface area contributed by atoms with Crippen LogP contribution in [0.25, 0.3) is 0 Å². The van der Waals surface area contributed by atoms with Gasteiger partial charge in [0.1, 0.15) is 0 Å². The topological polar surface area (TPSA) is 56.0 Å². The highest BCUT2D eigenvalue weighted by Crippen LogP contribution is 1.79. The van der Waals surface area contributed by atoms with Crippen LogP contribution in [-0.4, -0.2) is 23.8 Å². The van der Waals surface area contributed by atoms with E-state index in [1.165, 1.54) is 0 Å². The molecule has 3 nitrogen and oxygen atoms in total. The quantitative estimate of drug-likeness (QED) is 0.556. The first-order valence-corrected chi connectivity index (χ1v) is 2.98. The van der Waals surface area contributed by atoms with Gasteiger partial charge < -0.3 is 5.11 Å². The lowest BCUT2D eigenvalue weighted by molar-refractivity contribution is 0.190. The molecule has 0 radical (unpaired) electrons. The Hall–Kier alpha value is -0.590. The number of hydrogen-bond acceptors (Lipinski definition) is 3. The Kier molecular flexibility index (Phi) is 4.02. The van der Waals surface area contributed by atoms with E-state index in [1.54, 1.807) is 13.8 Å². The number of nitriles is 1. The molecule has 0 aromatic rings. The molecule has 0 saturated carbocycles. The zero-order chi connectivity index (χ0) is 7.28. The monoisotopic (exact) mass is 128 g/mol. The molecule has 0 aromatic heterocycles. The van der Waals surface area contributed by atoms with Crippen LogP contribution in [0, 0.1) is 11.3 Å². The molecule has 0 saturated heterocycles. The molecule has 2 unspecified atom stereocenters. The fourth-order valence-electron chi connectivity index (χ4n) is 0.393. The van der Waals surface area contributed by atoms with E-state index in [0.29, 0.717) is 6.54 Å². The van der Waals surface area contributed by atoms with Gasteiger partial charge in [0, 0.05) is 6.54 Å². The largest absolute Gasteiger partial charge is 0.392 e. The van der Waals surface area contributed by atoms with Crippen LogP contribution >= 0.6 is 0 Å². The van der Waals surface area contributed by atoms with Gasteiger partial charge >= 0.3 is 0 Å². The predicted molar refractivity (Wildman–Crippen MR) is 34.8 cm³/mol. The van der Waals surface area contributed by atoms with Crippen LogP contribution in [0.3, 0.4) is 0 Å². The van der Waals surface area contributed by atoms with Crippen molar-refractivity contribution in [2.75, 3.05) is 6.54 Å². The molecule has 0 fully saturated rings. The SMILES string of the molecule is CC(O)CNC(C)C#N. The average molecular weight is 128 g/mol. The Morgan fingerprint density at radius 2 is 2.22 bits per heavy atom. The van der Waals surface area contributed by atoms with Gasteiger partial charge in [0.2, 0.25) is 0 Å². The second-order valence-corrected chi connectivity index (χ2v) is 2.11. The fourth-order valence-corrected chi connectivity index (χ4v) is 0.393. The zero-order valence-corrected chi connectivity index (χ0v) is 5.76. The van der Waals surface area contributed by atoms with Gasteiger partial charge in [-0.05, 0) is 13.8 Å². The molecule has 0 spiro atoms. The third kappa shape index (κ3) is 5.28. The van der Waals surface area contributed by atoms with Crippen molar-refractivity contribution in [2.24, 2.45) is 0 Å². The lowest BCUT2D eigenvalue weighted by Crippen LogP contribution is -2.31. The Labute approximate surface area is 55.3 Å². The van der Waals surface area contributed by atoms with Gasteiger partial charge in [-0.15, -0.1) is 0 Å². The molecule has 0 rings (SSSR count). The minimum Gasteiger partial charge on any atom is -0.392 e. The summed E-state index contributed by atoms with van der Waals surface area (Å²) >= 11 is 0. The van der Waals surface area contributed by atoms with Gasteiger partial charge in [0.25, 0.3) is 0 Å². The Bertz CT molecular complexity index is 106. The van der Waals surface area contributed by atoms with E-state index in [-0.39, 0.29) is 12.1 Å². The Morgan fingerprint density at radius 1 is 1.67 bits per heavy atom. The van der Waals surface area contributed by atoms with Crippen molar-refractivity contribution in [1.29, 1.82) is 5.26 Å². The lowest BCUT2D eigenvalue weighted by atomic mass is 10.3. The maximum Gasteiger partial charge on any atom is 0.0925 e. The molecular formula is C6H12N2O. The first-order chi connectivity index (χ1) is 4.16. The summed E-state index contributed by atoms with van der Waals surface area (Å²) in [4.78, 5) is 0. The summed E-state index contributed by atoms with van der Waals surface area (Å²) in [6.45, 7) is 3.91. The molecule has 0 aliphatic heterocycles. The summed E-state index contributed by atoms with van der Waals surface area (Å²) in [7, 11) is 0. The van der Waals surface area contributed by atoms with Crippen molar-refractivity contribution in [1.82, 2.24) is 5.32 Å². The van der Waals surface area contributed by atoms with Gasteiger partial charge in [0.15, 0.2) is 0 Å². The van der Waals surface area contributed by atoms with Crippen molar-refractivity contribution in [3.63, 3.8) is 0 Å². The minimum absolute atomic E-state index is 0.167. The third-order valence-electron chi connectivity index (χ3n) is 0.913. The van der Waals surface area contributed by atoms with E-state index in [1.807, 2.05) is 6.07 Å². The van der Waals surface area contributed by atoms with Crippen LogP contribution in [0.4, 0.5) is 0 Å². The molecule has 0 bridgehead atoms. The highest BCUT2D eigenvalue weighted by molar-refractivity contribution is 4.85. The number of aliphatic hydroxyl groups excluding tert-OH is 1. The van der Waals surface area contributed by atoms with E-state index >= 15 is 0 Å². The van der Waals surface area contributed by atoms with Crippen molar-refractivity contribution < 1.29 is 5.11 Å². The van der Waals surface area contributed by atoms with Gasteiger partial charge in [0.05, 0.1) is 18.2 Å². The summed E-state index contributed by atoms with van der Waals surface area (Å²) in [6.07, 6.45) is -0.374. The van der Waals surface area contributed by atoms with Crippen molar-refractivity contribution in [3.8, 4) is 6.07 Å². The van der Waals surface area contributed by atoms with Gasteiger partial charge in [-0.25, -0.2) is 0 Å². The summed E-state index contributed by atoms with van der Waals surface area (Å²) in [6, 6.07) is 1.83. The standard InChI is InChI=1S/C6H12N2O/c1-5(3-7)8-4-6(2)9/h5-6,8-9H,4H2,1-2H3. The number of rotatable bonds is 3. The van der Waals surface area contributed by atoms with E-state index in [9.17, 15) is 0 Å². The highest BCUT2D eigenvalue weighted by Gasteiger charge is 1.98. The lowest BCUT2D eigenvalue weighted by Gasteiger charge is -2.06. The second kappa shape index (κ2) is 4.30. The van der Waals surface area contributed by atoms with Gasteiger partial charge in [-0.1, -0.05) is 0 Å². The molecule has 9 heavy (non-hydrogen) atoms. The predicted octanol–water partition coefficient (Wildman–Crippen LogP) is -0.131. The molecule has 2 atom stereocenters. The molecule has 0 aromatic carbocycles. The van der Waals surface area contributed by atoms with Crippen molar-refractivity contribution in [3.05, 3.63) is 0 Å². The number of aliphatic hydroxyl groups is 1. The summed E-state index contributed by atoms with van der Waals surface area (Å²) in [5.41, 5.74) is 0. The molecular weight excluding hydrogens is 116 g/mol. The molecule has 0 heterocycles. The molecule has 52 valence electrons. The maximum absolute atomic E-state index is 8.72. The van der Waals surface area contributed by atoms with E-state index in [0.717, 1.165) is 0 Å². The third-order valence-corrected chi connectivity index (χ3v) is 0.913. The fraction of sp³-hybridized carbons (Fsp3) is 0.833. The summed E-state index contributed by atoms with van der Waals surface area (Å²) in [5.74, 6) is 0. The van der Waals surface area contributed by atoms with E-state index in [4.69, 9.17) is 10.4 Å². The second-order valence-electron chi connectivity index (χ2n) is 2.11. The van der Waals surface area contributed by atoms with Gasteiger partial charge in [-0.3, -0.25) is 5.32 Å². The van der Waals surface area contributed by atoms with E-state index in [2.05, 4.69) is 5.32 Å². The van der Waals surface area contributed by atoms with Crippen molar-refractivity contribution in [2.45, 2.75) is 26.0 Å². The van der Waals surface area contributed by atoms with Crippen molar-refractivity contribution >= 4 is 0 Å². The number of nitrogens with one attached hydrogen (secondary N) is 1. The smallest absolute Gasteiger partial charge is 0.0925 e. The first kappa shape index (κ1) is 8.41. The van der Waals surface area contributed by atoms with Crippen LogP contribution in [0.5, 0.6) is 0 Å². The molecule has 3 heteroatoms. The van der Waals surface area contributed by atoms with Crippen LogP contribution in [-0.2, 0) is 0 Å². The normalized spacial score (nSPS) is 16.2. The summed E-state index contributed by atoms with van der Waals surface area (Å²) in [5, 5.41) is 19.8.